The van der Waals surface area contributed by atoms with E-state index in [-0.39, 0.29) is 0 Å². The molecule has 1 saturated heterocycles. The average molecular weight is 282 g/mol. The van der Waals surface area contributed by atoms with Gasteiger partial charge in [0.25, 0.3) is 0 Å². The zero-order valence-corrected chi connectivity index (χ0v) is 12.9. The summed E-state index contributed by atoms with van der Waals surface area (Å²) in [6.07, 6.45) is 1.20. The van der Waals surface area contributed by atoms with Crippen LogP contribution in [0.3, 0.4) is 0 Å². The van der Waals surface area contributed by atoms with Gasteiger partial charge in [0, 0.05) is 39.5 Å². The van der Waals surface area contributed by atoms with Crippen LogP contribution in [0.25, 0.3) is 0 Å². The summed E-state index contributed by atoms with van der Waals surface area (Å²) in [6, 6.07) is 0.525. The van der Waals surface area contributed by atoms with E-state index in [1.807, 2.05) is 37.7 Å². The second-order valence-electron chi connectivity index (χ2n) is 4.81. The lowest BCUT2D eigenvalue weighted by Crippen LogP contribution is -2.33. The Morgan fingerprint density at radius 1 is 1.21 bits per heavy atom. The summed E-state index contributed by atoms with van der Waals surface area (Å²) in [4.78, 5) is 17.5. The van der Waals surface area contributed by atoms with Crippen molar-refractivity contribution in [3.8, 4) is 0 Å². The molecule has 1 aliphatic rings. The van der Waals surface area contributed by atoms with Gasteiger partial charge in [-0.05, 0) is 19.1 Å². The minimum Gasteiger partial charge on any atom is -0.354 e. The molecule has 2 rings (SSSR count). The van der Waals surface area contributed by atoms with Crippen LogP contribution in [0, 0.1) is 0 Å². The Balaban J connectivity index is 2.26. The molecule has 0 radical (unpaired) electrons. The smallest absolute Gasteiger partial charge is 0.231 e. The van der Waals surface area contributed by atoms with Gasteiger partial charge in [-0.1, -0.05) is 0 Å². The number of hydrogen-bond acceptors (Lipinski definition) is 7. The quantitative estimate of drug-likeness (QED) is 0.874. The molecule has 0 aliphatic carbocycles. The lowest BCUT2D eigenvalue weighted by Gasteiger charge is -2.25. The molecule has 1 aliphatic heterocycles. The summed E-state index contributed by atoms with van der Waals surface area (Å²) in [5, 5.41) is 3.17. The fourth-order valence-electron chi connectivity index (χ4n) is 1.94. The summed E-state index contributed by atoms with van der Waals surface area (Å²) >= 11 is 1.99. The van der Waals surface area contributed by atoms with Gasteiger partial charge < -0.3 is 15.1 Å². The molecule has 0 aromatic carbocycles. The first-order valence-electron chi connectivity index (χ1n) is 6.59. The monoisotopic (exact) mass is 282 g/mol. The van der Waals surface area contributed by atoms with Crippen molar-refractivity contribution in [2.24, 2.45) is 0 Å². The highest BCUT2D eigenvalue weighted by molar-refractivity contribution is 7.99. The van der Waals surface area contributed by atoms with E-state index in [4.69, 9.17) is 0 Å². The number of rotatable bonds is 5. The minimum absolute atomic E-state index is 0.525. The number of nitrogens with zero attached hydrogens (tertiary/aromatic N) is 5. The van der Waals surface area contributed by atoms with Crippen LogP contribution in [0.5, 0.6) is 0 Å². The summed E-state index contributed by atoms with van der Waals surface area (Å²) < 4.78 is 0. The first-order valence-corrected chi connectivity index (χ1v) is 7.75. The molecule has 1 atom stereocenters. The van der Waals surface area contributed by atoms with Crippen molar-refractivity contribution in [1.82, 2.24) is 15.0 Å². The molecule has 6 nitrogen and oxygen atoms in total. The van der Waals surface area contributed by atoms with Crippen LogP contribution < -0.4 is 15.1 Å². The van der Waals surface area contributed by atoms with Gasteiger partial charge in [0.05, 0.1) is 0 Å². The molecule has 0 bridgehead atoms. The molecule has 7 heteroatoms. The third-order valence-electron chi connectivity index (χ3n) is 3.12. The number of hydrogen-bond donors (Lipinski definition) is 1. The van der Waals surface area contributed by atoms with E-state index in [0.29, 0.717) is 17.9 Å². The van der Waals surface area contributed by atoms with Gasteiger partial charge in [0.15, 0.2) is 0 Å². The van der Waals surface area contributed by atoms with Crippen LogP contribution in [0.4, 0.5) is 17.8 Å². The van der Waals surface area contributed by atoms with E-state index >= 15 is 0 Å². The molecule has 0 saturated carbocycles. The Hall–Kier alpha value is -1.24. The van der Waals surface area contributed by atoms with E-state index in [1.54, 1.807) is 0 Å². The molecule has 1 aromatic heterocycles. The van der Waals surface area contributed by atoms with Crippen LogP contribution in [-0.2, 0) is 0 Å². The lowest BCUT2D eigenvalue weighted by molar-refractivity contribution is 0.678. The van der Waals surface area contributed by atoms with Crippen LogP contribution in [0.1, 0.15) is 13.3 Å². The highest BCUT2D eigenvalue weighted by Crippen LogP contribution is 2.25. The van der Waals surface area contributed by atoms with Crippen molar-refractivity contribution in [1.29, 1.82) is 0 Å². The van der Waals surface area contributed by atoms with Crippen LogP contribution in [0.15, 0.2) is 0 Å². The Labute approximate surface area is 119 Å². The maximum absolute atomic E-state index is 4.54. The van der Waals surface area contributed by atoms with Gasteiger partial charge >= 0.3 is 0 Å². The van der Waals surface area contributed by atoms with Crippen LogP contribution in [0.2, 0.25) is 0 Å². The van der Waals surface area contributed by atoms with E-state index in [0.717, 1.165) is 18.2 Å². The van der Waals surface area contributed by atoms with Gasteiger partial charge in [0.1, 0.15) is 0 Å². The lowest BCUT2D eigenvalue weighted by atomic mass is 10.2. The third kappa shape index (κ3) is 3.40. The van der Waals surface area contributed by atoms with E-state index < -0.39 is 0 Å². The molecular weight excluding hydrogens is 260 g/mol. The number of nitrogens with one attached hydrogen (secondary N) is 1. The van der Waals surface area contributed by atoms with Gasteiger partial charge in [-0.15, -0.1) is 0 Å². The molecular formula is C12H22N6S. The predicted octanol–water partition coefficient (Wildman–Crippen LogP) is 1.31. The number of aromatic nitrogens is 3. The van der Waals surface area contributed by atoms with E-state index in [2.05, 4.69) is 32.2 Å². The predicted molar refractivity (Wildman–Crippen MR) is 82.5 cm³/mol. The zero-order valence-electron chi connectivity index (χ0n) is 12.1. The van der Waals surface area contributed by atoms with Gasteiger partial charge in [-0.3, -0.25) is 0 Å². The Bertz CT molecular complexity index is 419. The van der Waals surface area contributed by atoms with Crippen molar-refractivity contribution in [2.45, 2.75) is 19.4 Å². The molecule has 1 unspecified atom stereocenters. The third-order valence-corrected chi connectivity index (χ3v) is 4.26. The molecule has 1 aromatic rings. The Kier molecular flexibility index (Phi) is 4.68. The summed E-state index contributed by atoms with van der Waals surface area (Å²) in [5.41, 5.74) is 0. The van der Waals surface area contributed by atoms with Crippen molar-refractivity contribution in [2.75, 3.05) is 54.3 Å². The molecule has 1 fully saturated rings. The van der Waals surface area contributed by atoms with Gasteiger partial charge in [0.2, 0.25) is 17.8 Å². The summed E-state index contributed by atoms with van der Waals surface area (Å²) in [6.45, 7) is 2.84. The van der Waals surface area contributed by atoms with Crippen molar-refractivity contribution in [3.63, 3.8) is 0 Å². The number of anilines is 3. The topological polar surface area (TPSA) is 57.2 Å². The summed E-state index contributed by atoms with van der Waals surface area (Å²) in [5.74, 6) is 4.46. The van der Waals surface area contributed by atoms with Crippen molar-refractivity contribution in [3.05, 3.63) is 0 Å². The molecule has 0 amide bonds. The average Bonchev–Trinajstić information content (AvgIpc) is 2.91. The molecule has 106 valence electrons. The second-order valence-corrected chi connectivity index (χ2v) is 5.96. The fourth-order valence-corrected chi connectivity index (χ4v) is 3.21. The molecule has 19 heavy (non-hydrogen) atoms. The highest BCUT2D eigenvalue weighted by atomic mass is 32.2. The second kappa shape index (κ2) is 6.27. The Morgan fingerprint density at radius 2 is 1.95 bits per heavy atom. The van der Waals surface area contributed by atoms with Crippen molar-refractivity contribution < 1.29 is 0 Å². The standard InChI is InChI=1S/C12H22N6S/c1-5-13-10-14-11(17(2)3)16-12(15-10)18(4)9-6-7-19-8-9/h9H,5-8H2,1-4H3,(H,13,14,15,16). The van der Waals surface area contributed by atoms with Gasteiger partial charge in [-0.25, -0.2) is 0 Å². The van der Waals surface area contributed by atoms with E-state index in [1.165, 1.54) is 12.2 Å². The van der Waals surface area contributed by atoms with Gasteiger partial charge in [-0.2, -0.15) is 26.7 Å². The zero-order chi connectivity index (χ0) is 13.8. The maximum Gasteiger partial charge on any atom is 0.231 e. The fraction of sp³-hybridized carbons (Fsp3) is 0.750. The normalized spacial score (nSPS) is 18.4. The highest BCUT2D eigenvalue weighted by Gasteiger charge is 2.23. The Morgan fingerprint density at radius 3 is 2.53 bits per heavy atom. The molecule has 0 spiro atoms. The first kappa shape index (κ1) is 14.2. The van der Waals surface area contributed by atoms with Crippen LogP contribution >= 0.6 is 11.8 Å². The summed E-state index contributed by atoms with van der Waals surface area (Å²) in [7, 11) is 5.96. The molecule has 2 heterocycles. The molecule has 1 N–H and O–H groups in total. The minimum atomic E-state index is 0.525. The van der Waals surface area contributed by atoms with Crippen molar-refractivity contribution >= 4 is 29.6 Å². The maximum atomic E-state index is 4.54. The SMILES string of the molecule is CCNc1nc(N(C)C)nc(N(C)C2CCSC2)n1. The van der Waals surface area contributed by atoms with E-state index in [9.17, 15) is 0 Å². The largest absolute Gasteiger partial charge is 0.354 e. The first-order chi connectivity index (χ1) is 9.11. The number of thioether (sulfide) groups is 1. The van der Waals surface area contributed by atoms with Crippen LogP contribution in [-0.4, -0.2) is 60.2 Å².